The third-order valence-electron chi connectivity index (χ3n) is 4.10. The molecule has 0 radical (unpaired) electrons. The van der Waals surface area contributed by atoms with Crippen molar-refractivity contribution in [1.82, 2.24) is 10.6 Å². The van der Waals surface area contributed by atoms with Crippen LogP contribution in [-0.4, -0.2) is 38.4 Å². The highest BCUT2D eigenvalue weighted by molar-refractivity contribution is 9.10. The maximum absolute atomic E-state index is 5.77. The van der Waals surface area contributed by atoms with Crippen LogP contribution in [0.4, 0.5) is 0 Å². The van der Waals surface area contributed by atoms with E-state index in [2.05, 4.69) is 45.6 Å². The second kappa shape index (κ2) is 7.09. The number of hydrogen-bond acceptors (Lipinski definition) is 4. The molecule has 2 aliphatic rings. The van der Waals surface area contributed by atoms with Crippen LogP contribution in [0.5, 0.6) is 5.75 Å². The molecule has 1 fully saturated rings. The molecule has 116 valence electrons. The molecule has 1 aromatic rings. The summed E-state index contributed by atoms with van der Waals surface area (Å²) in [6, 6.07) is 5.23. The number of halogens is 1. The van der Waals surface area contributed by atoms with Gasteiger partial charge in [0.15, 0.2) is 0 Å². The molecule has 0 amide bonds. The van der Waals surface area contributed by atoms with E-state index in [1.807, 2.05) is 0 Å². The summed E-state index contributed by atoms with van der Waals surface area (Å²) in [4.78, 5) is 0. The first-order valence-corrected chi connectivity index (χ1v) is 8.50. The molecule has 0 aliphatic carbocycles. The number of morpholine rings is 1. The fourth-order valence-electron chi connectivity index (χ4n) is 3.04. The zero-order valence-electron chi connectivity index (χ0n) is 12.5. The average Bonchev–Trinajstić information content (AvgIpc) is 2.94. The van der Waals surface area contributed by atoms with E-state index < -0.39 is 0 Å². The van der Waals surface area contributed by atoms with Crippen LogP contribution in [0, 0.1) is 0 Å². The Labute approximate surface area is 134 Å². The predicted molar refractivity (Wildman–Crippen MR) is 86.9 cm³/mol. The molecule has 0 aromatic heterocycles. The van der Waals surface area contributed by atoms with Gasteiger partial charge in [-0.3, -0.25) is 0 Å². The molecule has 2 unspecified atom stereocenters. The number of fused-ring (bicyclic) bond motifs is 1. The number of rotatable bonds is 5. The number of nitrogens with one attached hydrogen (secondary N) is 2. The minimum absolute atomic E-state index is 0.445. The van der Waals surface area contributed by atoms with E-state index in [9.17, 15) is 0 Å². The molecular weight excluding hydrogens is 332 g/mol. The average molecular weight is 355 g/mol. The van der Waals surface area contributed by atoms with E-state index in [1.54, 1.807) is 0 Å². The summed E-state index contributed by atoms with van der Waals surface area (Å²) in [5, 5.41) is 7.11. The van der Waals surface area contributed by atoms with Crippen LogP contribution >= 0.6 is 15.9 Å². The normalized spacial score (nSPS) is 22.7. The molecule has 4 nitrogen and oxygen atoms in total. The third-order valence-corrected chi connectivity index (χ3v) is 4.56. The van der Waals surface area contributed by atoms with E-state index in [0.29, 0.717) is 12.1 Å². The van der Waals surface area contributed by atoms with Gasteiger partial charge in [-0.2, -0.15) is 0 Å². The van der Waals surface area contributed by atoms with Gasteiger partial charge in [-0.1, -0.05) is 15.9 Å². The Kier molecular flexibility index (Phi) is 5.16. The summed E-state index contributed by atoms with van der Waals surface area (Å²) in [5.74, 6) is 1.08. The lowest BCUT2D eigenvalue weighted by molar-refractivity contribution is 0.0712. The van der Waals surface area contributed by atoms with Gasteiger partial charge in [0.1, 0.15) is 5.75 Å². The minimum Gasteiger partial charge on any atom is -0.493 e. The highest BCUT2D eigenvalue weighted by Crippen LogP contribution is 2.32. The van der Waals surface area contributed by atoms with E-state index in [-0.39, 0.29) is 0 Å². The second-order valence-electron chi connectivity index (χ2n) is 5.90. The number of benzene rings is 1. The summed E-state index contributed by atoms with van der Waals surface area (Å²) in [6.07, 6.45) is 2.09. The fourth-order valence-corrected chi connectivity index (χ4v) is 3.60. The van der Waals surface area contributed by atoms with Gasteiger partial charge in [0.05, 0.1) is 19.8 Å². The van der Waals surface area contributed by atoms with Crippen molar-refractivity contribution in [2.24, 2.45) is 0 Å². The van der Waals surface area contributed by atoms with Gasteiger partial charge in [-0.05, 0) is 31.0 Å². The molecule has 0 saturated carbocycles. The van der Waals surface area contributed by atoms with Gasteiger partial charge in [-0.25, -0.2) is 0 Å². The maximum Gasteiger partial charge on any atom is 0.127 e. The summed E-state index contributed by atoms with van der Waals surface area (Å²) in [5.41, 5.74) is 2.56. The van der Waals surface area contributed by atoms with Crippen LogP contribution in [0.2, 0.25) is 0 Å². The number of ether oxygens (including phenoxy) is 2. The van der Waals surface area contributed by atoms with Gasteiger partial charge >= 0.3 is 0 Å². The molecule has 2 N–H and O–H groups in total. The van der Waals surface area contributed by atoms with E-state index in [1.165, 1.54) is 11.1 Å². The summed E-state index contributed by atoms with van der Waals surface area (Å²) < 4.78 is 12.4. The monoisotopic (exact) mass is 354 g/mol. The van der Waals surface area contributed by atoms with Crippen molar-refractivity contribution in [3.05, 3.63) is 27.7 Å². The summed E-state index contributed by atoms with van der Waals surface area (Å²) in [6.45, 7) is 6.50. The van der Waals surface area contributed by atoms with Crippen LogP contribution in [0.15, 0.2) is 16.6 Å². The largest absolute Gasteiger partial charge is 0.493 e. The molecule has 1 aromatic carbocycles. The van der Waals surface area contributed by atoms with Crippen molar-refractivity contribution in [2.75, 3.05) is 26.4 Å². The first-order valence-electron chi connectivity index (χ1n) is 7.71. The lowest BCUT2D eigenvalue weighted by Crippen LogP contribution is -2.44. The van der Waals surface area contributed by atoms with Crippen molar-refractivity contribution in [2.45, 2.75) is 38.4 Å². The SMILES string of the molecule is CC(CC1COCCN1)NCc1cc(Br)cc2c1OCC2. The highest BCUT2D eigenvalue weighted by Gasteiger charge is 2.19. The Morgan fingerprint density at radius 2 is 2.33 bits per heavy atom. The first-order chi connectivity index (χ1) is 10.2. The van der Waals surface area contributed by atoms with Gasteiger partial charge in [-0.15, -0.1) is 0 Å². The topological polar surface area (TPSA) is 42.5 Å². The van der Waals surface area contributed by atoms with Gasteiger partial charge < -0.3 is 20.1 Å². The fraction of sp³-hybridized carbons (Fsp3) is 0.625. The first kappa shape index (κ1) is 15.3. The van der Waals surface area contributed by atoms with Gasteiger partial charge in [0.2, 0.25) is 0 Å². The lowest BCUT2D eigenvalue weighted by Gasteiger charge is -2.27. The maximum atomic E-state index is 5.77. The van der Waals surface area contributed by atoms with Crippen molar-refractivity contribution >= 4 is 15.9 Å². The Morgan fingerprint density at radius 3 is 3.14 bits per heavy atom. The summed E-state index contributed by atoms with van der Waals surface area (Å²) in [7, 11) is 0. The minimum atomic E-state index is 0.445. The molecule has 0 bridgehead atoms. The third kappa shape index (κ3) is 3.97. The van der Waals surface area contributed by atoms with Crippen LogP contribution in [-0.2, 0) is 17.7 Å². The predicted octanol–water partition coefficient (Wildman–Crippen LogP) is 2.24. The molecule has 0 spiro atoms. The van der Waals surface area contributed by atoms with E-state index >= 15 is 0 Å². The highest BCUT2D eigenvalue weighted by atomic mass is 79.9. The number of hydrogen-bond donors (Lipinski definition) is 2. The van der Waals surface area contributed by atoms with Crippen LogP contribution in [0.3, 0.4) is 0 Å². The molecule has 2 aliphatic heterocycles. The molecule has 1 saturated heterocycles. The standard InChI is InChI=1S/C16H23BrN2O2/c1-11(6-15-10-20-5-3-18-15)19-9-13-8-14(17)7-12-2-4-21-16(12)13/h7-8,11,15,18-19H,2-6,9-10H2,1H3. The Balaban J connectivity index is 1.55. The van der Waals surface area contributed by atoms with Crippen molar-refractivity contribution in [1.29, 1.82) is 0 Å². The van der Waals surface area contributed by atoms with Gasteiger partial charge in [0.25, 0.3) is 0 Å². The van der Waals surface area contributed by atoms with Crippen molar-refractivity contribution < 1.29 is 9.47 Å². The molecule has 2 atom stereocenters. The molecule has 2 heterocycles. The van der Waals surface area contributed by atoms with Crippen molar-refractivity contribution in [3.8, 4) is 5.75 Å². The Hall–Kier alpha value is -0.620. The summed E-state index contributed by atoms with van der Waals surface area (Å²) >= 11 is 3.59. The lowest BCUT2D eigenvalue weighted by atomic mass is 10.1. The molecular formula is C16H23BrN2O2. The Morgan fingerprint density at radius 1 is 1.43 bits per heavy atom. The van der Waals surface area contributed by atoms with Crippen molar-refractivity contribution in [3.63, 3.8) is 0 Å². The smallest absolute Gasteiger partial charge is 0.127 e. The van der Waals surface area contributed by atoms with Gasteiger partial charge in [0, 0.05) is 41.6 Å². The van der Waals surface area contributed by atoms with Crippen LogP contribution in [0.25, 0.3) is 0 Å². The molecule has 21 heavy (non-hydrogen) atoms. The van der Waals surface area contributed by atoms with E-state index in [4.69, 9.17) is 9.47 Å². The zero-order chi connectivity index (χ0) is 14.7. The van der Waals surface area contributed by atoms with Crippen LogP contribution < -0.4 is 15.4 Å². The zero-order valence-corrected chi connectivity index (χ0v) is 14.0. The van der Waals surface area contributed by atoms with E-state index in [0.717, 1.165) is 56.0 Å². The Bertz CT molecular complexity index is 489. The molecule has 3 rings (SSSR count). The molecule has 5 heteroatoms. The quantitative estimate of drug-likeness (QED) is 0.850. The second-order valence-corrected chi connectivity index (χ2v) is 6.81. The van der Waals surface area contributed by atoms with Crippen LogP contribution in [0.1, 0.15) is 24.5 Å².